The summed E-state index contributed by atoms with van der Waals surface area (Å²) in [6.45, 7) is 9.31. The maximum absolute atomic E-state index is 12.6. The van der Waals surface area contributed by atoms with Gasteiger partial charge in [0.1, 0.15) is 0 Å². The van der Waals surface area contributed by atoms with Crippen molar-refractivity contribution in [3.8, 4) is 0 Å². The Morgan fingerprint density at radius 2 is 2.18 bits per heavy atom. The van der Waals surface area contributed by atoms with Gasteiger partial charge in [0, 0.05) is 44.2 Å². The number of aryl methyl sites for hydroxylation is 1. The lowest BCUT2D eigenvalue weighted by Crippen LogP contribution is -2.51. The molecule has 0 radical (unpaired) electrons. The Morgan fingerprint density at radius 1 is 1.41 bits per heavy atom. The van der Waals surface area contributed by atoms with Crippen molar-refractivity contribution in [3.63, 3.8) is 0 Å². The SMILES string of the molecule is Cc1cc(CN2CCN(C(=O)[C@H]3CCN[C@@H](C)C3)CC2)on1. The van der Waals surface area contributed by atoms with Gasteiger partial charge in [-0.15, -0.1) is 0 Å². The molecule has 6 heteroatoms. The predicted molar refractivity (Wildman–Crippen MR) is 83.3 cm³/mol. The van der Waals surface area contributed by atoms with E-state index in [2.05, 4.69) is 22.3 Å². The molecule has 1 aromatic rings. The fraction of sp³-hybridized carbons (Fsp3) is 0.750. The molecule has 0 bridgehead atoms. The molecule has 0 aromatic carbocycles. The number of piperazine rings is 1. The van der Waals surface area contributed by atoms with E-state index in [1.54, 1.807) is 0 Å². The summed E-state index contributed by atoms with van der Waals surface area (Å²) in [5, 5.41) is 7.33. The molecule has 1 N–H and O–H groups in total. The second-order valence-electron chi connectivity index (χ2n) is 6.61. The molecule has 0 aliphatic carbocycles. The summed E-state index contributed by atoms with van der Waals surface area (Å²) in [5.41, 5.74) is 0.920. The van der Waals surface area contributed by atoms with Crippen LogP contribution in [0.5, 0.6) is 0 Å². The van der Waals surface area contributed by atoms with Gasteiger partial charge >= 0.3 is 0 Å². The van der Waals surface area contributed by atoms with Crippen LogP contribution < -0.4 is 5.32 Å². The molecule has 0 unspecified atom stereocenters. The molecule has 2 aliphatic rings. The van der Waals surface area contributed by atoms with Crippen LogP contribution in [0.15, 0.2) is 10.6 Å². The first kappa shape index (κ1) is 15.5. The van der Waals surface area contributed by atoms with Gasteiger partial charge in [0.25, 0.3) is 0 Å². The van der Waals surface area contributed by atoms with Crippen LogP contribution in [0.4, 0.5) is 0 Å². The second kappa shape index (κ2) is 6.79. The first-order chi connectivity index (χ1) is 10.6. The Morgan fingerprint density at radius 3 is 2.82 bits per heavy atom. The van der Waals surface area contributed by atoms with E-state index in [1.807, 2.05) is 17.9 Å². The Bertz CT molecular complexity index is 508. The summed E-state index contributed by atoms with van der Waals surface area (Å²) in [6, 6.07) is 2.44. The molecular weight excluding hydrogens is 280 g/mol. The number of piperidine rings is 1. The van der Waals surface area contributed by atoms with Gasteiger partial charge in [-0.1, -0.05) is 5.16 Å². The fourth-order valence-corrected chi connectivity index (χ4v) is 3.45. The maximum Gasteiger partial charge on any atom is 0.225 e. The van der Waals surface area contributed by atoms with E-state index < -0.39 is 0 Å². The highest BCUT2D eigenvalue weighted by atomic mass is 16.5. The number of rotatable bonds is 3. The Kier molecular flexibility index (Phi) is 4.78. The van der Waals surface area contributed by atoms with Crippen LogP contribution in [0, 0.1) is 12.8 Å². The van der Waals surface area contributed by atoms with Gasteiger partial charge in [-0.05, 0) is 33.2 Å². The van der Waals surface area contributed by atoms with Crippen LogP contribution in [0.25, 0.3) is 0 Å². The molecule has 122 valence electrons. The average molecular weight is 306 g/mol. The standard InChI is InChI=1S/C16H26N4O2/c1-12-9-14(3-4-17-12)16(21)20-7-5-19(6-8-20)11-15-10-13(2)18-22-15/h10,12,14,17H,3-9,11H2,1-2H3/t12-,14-/m0/s1. The lowest BCUT2D eigenvalue weighted by Gasteiger charge is -2.37. The van der Waals surface area contributed by atoms with Crippen molar-refractivity contribution in [3.05, 3.63) is 17.5 Å². The van der Waals surface area contributed by atoms with Crippen LogP contribution in [-0.2, 0) is 11.3 Å². The number of carbonyl (C=O) groups excluding carboxylic acids is 1. The van der Waals surface area contributed by atoms with E-state index in [9.17, 15) is 4.79 Å². The number of hydrogen-bond acceptors (Lipinski definition) is 5. The monoisotopic (exact) mass is 306 g/mol. The molecule has 1 amide bonds. The van der Waals surface area contributed by atoms with Crippen LogP contribution in [0.1, 0.15) is 31.2 Å². The summed E-state index contributed by atoms with van der Waals surface area (Å²) < 4.78 is 5.27. The van der Waals surface area contributed by atoms with Gasteiger partial charge in [-0.25, -0.2) is 0 Å². The zero-order valence-electron chi connectivity index (χ0n) is 13.5. The number of aromatic nitrogens is 1. The first-order valence-corrected chi connectivity index (χ1v) is 8.28. The number of hydrogen-bond donors (Lipinski definition) is 1. The summed E-state index contributed by atoms with van der Waals surface area (Å²) in [7, 11) is 0. The first-order valence-electron chi connectivity index (χ1n) is 8.28. The van der Waals surface area contributed by atoms with E-state index in [0.717, 1.165) is 63.6 Å². The van der Waals surface area contributed by atoms with Crippen molar-refractivity contribution in [2.75, 3.05) is 32.7 Å². The molecule has 0 saturated carbocycles. The fourth-order valence-electron chi connectivity index (χ4n) is 3.45. The van der Waals surface area contributed by atoms with Crippen LogP contribution >= 0.6 is 0 Å². The molecule has 2 saturated heterocycles. The van der Waals surface area contributed by atoms with Crippen molar-refractivity contribution in [2.45, 2.75) is 39.3 Å². The van der Waals surface area contributed by atoms with Crippen molar-refractivity contribution in [2.24, 2.45) is 5.92 Å². The molecule has 2 atom stereocenters. The second-order valence-corrected chi connectivity index (χ2v) is 6.61. The van der Waals surface area contributed by atoms with Crippen molar-refractivity contribution in [1.82, 2.24) is 20.3 Å². The Labute approximate surface area is 131 Å². The lowest BCUT2D eigenvalue weighted by atomic mass is 9.92. The molecule has 22 heavy (non-hydrogen) atoms. The highest BCUT2D eigenvalue weighted by Gasteiger charge is 2.30. The van der Waals surface area contributed by atoms with Gasteiger partial charge in [0.15, 0.2) is 5.76 Å². The Hall–Kier alpha value is -1.40. The molecule has 2 aliphatic heterocycles. The number of carbonyl (C=O) groups is 1. The van der Waals surface area contributed by atoms with Gasteiger partial charge in [0.05, 0.1) is 12.2 Å². The summed E-state index contributed by atoms with van der Waals surface area (Å²) in [5.74, 6) is 1.47. The van der Waals surface area contributed by atoms with Crippen molar-refractivity contribution in [1.29, 1.82) is 0 Å². The van der Waals surface area contributed by atoms with Crippen LogP contribution in [-0.4, -0.2) is 59.6 Å². The number of amides is 1. The quantitative estimate of drug-likeness (QED) is 0.903. The normalized spacial score (nSPS) is 27.1. The van der Waals surface area contributed by atoms with Gasteiger partial charge in [0.2, 0.25) is 5.91 Å². The van der Waals surface area contributed by atoms with Crippen LogP contribution in [0.2, 0.25) is 0 Å². The highest BCUT2D eigenvalue weighted by Crippen LogP contribution is 2.20. The minimum Gasteiger partial charge on any atom is -0.360 e. The van der Waals surface area contributed by atoms with Gasteiger partial charge in [-0.2, -0.15) is 0 Å². The van der Waals surface area contributed by atoms with E-state index in [4.69, 9.17) is 4.52 Å². The van der Waals surface area contributed by atoms with E-state index in [-0.39, 0.29) is 5.92 Å². The Balaban J connectivity index is 1.47. The minimum atomic E-state index is 0.208. The molecule has 3 rings (SSSR count). The lowest BCUT2D eigenvalue weighted by molar-refractivity contribution is -0.138. The van der Waals surface area contributed by atoms with Crippen molar-refractivity contribution >= 4 is 5.91 Å². The third kappa shape index (κ3) is 3.67. The third-order valence-corrected chi connectivity index (χ3v) is 4.71. The summed E-state index contributed by atoms with van der Waals surface area (Å²) in [6.07, 6.45) is 1.94. The molecule has 3 heterocycles. The molecule has 2 fully saturated rings. The van der Waals surface area contributed by atoms with Gasteiger partial charge in [-0.3, -0.25) is 9.69 Å². The number of nitrogens with zero attached hydrogens (tertiary/aromatic N) is 3. The third-order valence-electron chi connectivity index (χ3n) is 4.71. The van der Waals surface area contributed by atoms with Crippen molar-refractivity contribution < 1.29 is 9.32 Å². The molecular formula is C16H26N4O2. The zero-order valence-corrected chi connectivity index (χ0v) is 13.5. The smallest absolute Gasteiger partial charge is 0.225 e. The van der Waals surface area contributed by atoms with Gasteiger partial charge < -0.3 is 14.7 Å². The molecule has 6 nitrogen and oxygen atoms in total. The van der Waals surface area contributed by atoms with E-state index in [1.165, 1.54) is 0 Å². The van der Waals surface area contributed by atoms with E-state index in [0.29, 0.717) is 11.9 Å². The number of nitrogens with one attached hydrogen (secondary N) is 1. The zero-order chi connectivity index (χ0) is 15.5. The molecule has 0 spiro atoms. The minimum absolute atomic E-state index is 0.208. The van der Waals surface area contributed by atoms with E-state index >= 15 is 0 Å². The average Bonchev–Trinajstić information content (AvgIpc) is 2.92. The largest absolute Gasteiger partial charge is 0.360 e. The highest BCUT2D eigenvalue weighted by molar-refractivity contribution is 5.79. The summed E-state index contributed by atoms with van der Waals surface area (Å²) >= 11 is 0. The molecule has 1 aromatic heterocycles. The summed E-state index contributed by atoms with van der Waals surface area (Å²) in [4.78, 5) is 17.0. The topological polar surface area (TPSA) is 61.6 Å². The van der Waals surface area contributed by atoms with Crippen LogP contribution in [0.3, 0.4) is 0 Å². The predicted octanol–water partition coefficient (Wildman–Crippen LogP) is 1.02. The maximum atomic E-state index is 12.6.